The van der Waals surface area contributed by atoms with E-state index in [2.05, 4.69) is 5.32 Å². The molecule has 6 nitrogen and oxygen atoms in total. The summed E-state index contributed by atoms with van der Waals surface area (Å²) in [7, 11) is -3.96. The normalized spacial score (nSPS) is 19.4. The van der Waals surface area contributed by atoms with Crippen molar-refractivity contribution in [1.29, 1.82) is 0 Å². The van der Waals surface area contributed by atoms with Gasteiger partial charge < -0.3 is 10.1 Å². The molecule has 19 heavy (non-hydrogen) atoms. The highest BCUT2D eigenvalue weighted by molar-refractivity contribution is 7.89. The molecule has 0 spiro atoms. The number of carbonyl (C=O) groups excluding carboxylic acids is 1. The van der Waals surface area contributed by atoms with Crippen molar-refractivity contribution >= 4 is 21.6 Å². The molecule has 2 rings (SSSR count). The van der Waals surface area contributed by atoms with Crippen LogP contribution < -0.4 is 10.5 Å². The van der Waals surface area contributed by atoms with Crippen LogP contribution in [0.5, 0.6) is 0 Å². The first-order valence-corrected chi connectivity index (χ1v) is 7.13. The summed E-state index contributed by atoms with van der Waals surface area (Å²) in [4.78, 5) is 11.4. The number of rotatable bonds is 3. The summed E-state index contributed by atoms with van der Waals surface area (Å²) in [6, 6.07) is 3.08. The van der Waals surface area contributed by atoms with E-state index in [-0.39, 0.29) is 22.4 Å². The number of primary sulfonamides is 1. The van der Waals surface area contributed by atoms with Crippen LogP contribution in [-0.4, -0.2) is 27.5 Å². The van der Waals surface area contributed by atoms with Crippen LogP contribution in [0.4, 0.5) is 10.1 Å². The van der Waals surface area contributed by atoms with E-state index < -0.39 is 15.8 Å². The van der Waals surface area contributed by atoms with Crippen LogP contribution >= 0.6 is 0 Å². The number of carbonyl (C=O) groups is 1. The number of amides is 1. The molecule has 0 radical (unpaired) electrons. The lowest BCUT2D eigenvalue weighted by atomic mass is 10.1. The molecular weight excluding hydrogens is 275 g/mol. The number of anilines is 1. The average Bonchev–Trinajstić information content (AvgIpc) is 2.84. The number of halogens is 1. The van der Waals surface area contributed by atoms with Crippen molar-refractivity contribution in [3.8, 4) is 0 Å². The van der Waals surface area contributed by atoms with E-state index in [9.17, 15) is 17.6 Å². The van der Waals surface area contributed by atoms with Gasteiger partial charge >= 0.3 is 0 Å². The van der Waals surface area contributed by atoms with Crippen molar-refractivity contribution in [2.75, 3.05) is 18.5 Å². The van der Waals surface area contributed by atoms with Gasteiger partial charge in [-0.15, -0.1) is 0 Å². The number of nitrogens with one attached hydrogen (secondary N) is 1. The Morgan fingerprint density at radius 3 is 2.74 bits per heavy atom. The van der Waals surface area contributed by atoms with Gasteiger partial charge in [0.25, 0.3) is 0 Å². The van der Waals surface area contributed by atoms with E-state index in [1.54, 1.807) is 0 Å². The van der Waals surface area contributed by atoms with Crippen molar-refractivity contribution in [1.82, 2.24) is 0 Å². The minimum atomic E-state index is -3.96. The van der Waals surface area contributed by atoms with Crippen LogP contribution in [0.3, 0.4) is 0 Å². The highest BCUT2D eigenvalue weighted by Crippen LogP contribution is 2.20. The SMILES string of the molecule is NS(=O)(=O)c1ccc(NC(=O)C2CCOC2)c(F)c1. The molecule has 1 aromatic rings. The number of nitrogens with two attached hydrogens (primary N) is 1. The number of sulfonamides is 1. The van der Waals surface area contributed by atoms with Gasteiger partial charge in [-0.2, -0.15) is 0 Å². The zero-order valence-electron chi connectivity index (χ0n) is 9.93. The van der Waals surface area contributed by atoms with Crippen LogP contribution in [-0.2, 0) is 19.6 Å². The monoisotopic (exact) mass is 288 g/mol. The molecule has 1 aliphatic heterocycles. The van der Waals surface area contributed by atoms with Crippen molar-refractivity contribution in [2.24, 2.45) is 11.1 Å². The second-order valence-electron chi connectivity index (χ2n) is 4.24. The van der Waals surface area contributed by atoms with Gasteiger partial charge in [0, 0.05) is 6.61 Å². The van der Waals surface area contributed by atoms with Crippen LogP contribution in [0.1, 0.15) is 6.42 Å². The van der Waals surface area contributed by atoms with Gasteiger partial charge in [-0.3, -0.25) is 4.79 Å². The molecule has 0 saturated carbocycles. The molecule has 1 atom stereocenters. The number of hydrogen-bond donors (Lipinski definition) is 2. The molecule has 1 fully saturated rings. The third-order valence-corrected chi connectivity index (χ3v) is 3.74. The molecule has 104 valence electrons. The maximum atomic E-state index is 13.7. The molecule has 0 aromatic heterocycles. The van der Waals surface area contributed by atoms with Crippen molar-refractivity contribution < 1.29 is 22.3 Å². The van der Waals surface area contributed by atoms with Crippen molar-refractivity contribution in [3.63, 3.8) is 0 Å². The molecule has 1 aliphatic rings. The van der Waals surface area contributed by atoms with E-state index >= 15 is 0 Å². The van der Waals surface area contributed by atoms with E-state index in [0.717, 1.165) is 12.1 Å². The Morgan fingerprint density at radius 2 is 2.21 bits per heavy atom. The molecule has 3 N–H and O–H groups in total. The predicted octanol–water partition coefficient (Wildman–Crippen LogP) is 0.448. The smallest absolute Gasteiger partial charge is 0.238 e. The lowest BCUT2D eigenvalue weighted by Gasteiger charge is -2.10. The fourth-order valence-corrected chi connectivity index (χ4v) is 2.28. The fraction of sp³-hybridized carbons (Fsp3) is 0.364. The minimum absolute atomic E-state index is 0.0794. The molecule has 1 amide bonds. The topological polar surface area (TPSA) is 98.5 Å². The van der Waals surface area contributed by atoms with E-state index in [1.165, 1.54) is 6.07 Å². The Balaban J connectivity index is 2.15. The van der Waals surface area contributed by atoms with Crippen LogP contribution in [0.15, 0.2) is 23.1 Å². The number of hydrogen-bond acceptors (Lipinski definition) is 4. The summed E-state index contributed by atoms with van der Waals surface area (Å²) in [5, 5.41) is 7.28. The van der Waals surface area contributed by atoms with E-state index in [1.807, 2.05) is 0 Å². The molecule has 0 bridgehead atoms. The summed E-state index contributed by atoms with van der Waals surface area (Å²) in [6.45, 7) is 0.813. The van der Waals surface area contributed by atoms with Crippen LogP contribution in [0.2, 0.25) is 0 Å². The highest BCUT2D eigenvalue weighted by atomic mass is 32.2. The van der Waals surface area contributed by atoms with Gasteiger partial charge in [0.1, 0.15) is 5.82 Å². The zero-order valence-corrected chi connectivity index (χ0v) is 10.7. The average molecular weight is 288 g/mol. The second kappa shape index (κ2) is 5.24. The fourth-order valence-electron chi connectivity index (χ4n) is 1.75. The van der Waals surface area contributed by atoms with E-state index in [4.69, 9.17) is 9.88 Å². The Morgan fingerprint density at radius 1 is 1.47 bits per heavy atom. The Hall–Kier alpha value is -1.51. The van der Waals surface area contributed by atoms with Gasteiger partial charge in [0.2, 0.25) is 15.9 Å². The van der Waals surface area contributed by atoms with Gasteiger partial charge in [-0.1, -0.05) is 0 Å². The van der Waals surface area contributed by atoms with Gasteiger partial charge in [-0.05, 0) is 24.6 Å². The molecule has 1 heterocycles. The first-order chi connectivity index (χ1) is 8.88. The molecule has 1 aromatic carbocycles. The Kier molecular flexibility index (Phi) is 3.83. The quantitative estimate of drug-likeness (QED) is 0.843. The standard InChI is InChI=1S/C11H13FN2O4S/c12-9-5-8(19(13,16)17)1-2-10(9)14-11(15)7-3-4-18-6-7/h1-2,5,7H,3-4,6H2,(H,14,15)(H2,13,16,17). The molecule has 1 unspecified atom stereocenters. The number of ether oxygens (including phenoxy) is 1. The predicted molar refractivity (Wildman–Crippen MR) is 65.3 cm³/mol. The third-order valence-electron chi connectivity index (χ3n) is 2.83. The van der Waals surface area contributed by atoms with E-state index in [0.29, 0.717) is 19.6 Å². The second-order valence-corrected chi connectivity index (χ2v) is 5.80. The number of benzene rings is 1. The van der Waals surface area contributed by atoms with Crippen LogP contribution in [0, 0.1) is 11.7 Å². The Labute approximate surface area is 109 Å². The molecular formula is C11H13FN2O4S. The maximum absolute atomic E-state index is 13.7. The highest BCUT2D eigenvalue weighted by Gasteiger charge is 2.24. The van der Waals surface area contributed by atoms with Gasteiger partial charge in [0.05, 0.1) is 23.1 Å². The van der Waals surface area contributed by atoms with Gasteiger partial charge in [-0.25, -0.2) is 17.9 Å². The summed E-state index contributed by atoms with van der Waals surface area (Å²) in [5.41, 5.74) is -0.0794. The lowest BCUT2D eigenvalue weighted by molar-refractivity contribution is -0.119. The summed E-state index contributed by atoms with van der Waals surface area (Å²) in [5.74, 6) is -1.50. The lowest BCUT2D eigenvalue weighted by Crippen LogP contribution is -2.23. The largest absolute Gasteiger partial charge is 0.381 e. The summed E-state index contributed by atoms with van der Waals surface area (Å²) in [6.07, 6.45) is 0.586. The zero-order chi connectivity index (χ0) is 14.0. The summed E-state index contributed by atoms with van der Waals surface area (Å²) < 4.78 is 40.8. The van der Waals surface area contributed by atoms with Crippen molar-refractivity contribution in [2.45, 2.75) is 11.3 Å². The van der Waals surface area contributed by atoms with Crippen molar-refractivity contribution in [3.05, 3.63) is 24.0 Å². The Bertz CT molecular complexity index is 597. The molecule has 8 heteroatoms. The maximum Gasteiger partial charge on any atom is 0.238 e. The minimum Gasteiger partial charge on any atom is -0.381 e. The summed E-state index contributed by atoms with van der Waals surface area (Å²) >= 11 is 0. The van der Waals surface area contributed by atoms with Crippen LogP contribution in [0.25, 0.3) is 0 Å². The van der Waals surface area contributed by atoms with Gasteiger partial charge in [0.15, 0.2) is 0 Å². The molecule has 0 aliphatic carbocycles. The third kappa shape index (κ3) is 3.28. The first-order valence-electron chi connectivity index (χ1n) is 5.59. The molecule has 1 saturated heterocycles. The first kappa shape index (κ1) is 13.9.